The molecule has 33 heavy (non-hydrogen) atoms. The summed E-state index contributed by atoms with van der Waals surface area (Å²) in [4.78, 5) is 17.4. The molecule has 9 nitrogen and oxygen atoms in total. The smallest absolute Gasteiger partial charge is 0.387 e. The summed E-state index contributed by atoms with van der Waals surface area (Å²) in [5.41, 5.74) is 2.54. The number of aromatic nitrogens is 6. The molecule has 1 saturated carbocycles. The van der Waals surface area contributed by atoms with Crippen LogP contribution in [-0.4, -0.2) is 42.7 Å². The van der Waals surface area contributed by atoms with Crippen molar-refractivity contribution in [1.82, 2.24) is 30.2 Å². The van der Waals surface area contributed by atoms with Gasteiger partial charge in [-0.1, -0.05) is 17.3 Å². The van der Waals surface area contributed by atoms with Crippen LogP contribution in [0.4, 0.5) is 14.5 Å². The molecular formula is C22H19F2N7O2. The van der Waals surface area contributed by atoms with Gasteiger partial charge in [-0.3, -0.25) is 9.89 Å². The zero-order valence-electron chi connectivity index (χ0n) is 17.5. The molecule has 2 heterocycles. The number of anilines is 1. The van der Waals surface area contributed by atoms with Crippen molar-refractivity contribution in [3.05, 3.63) is 65.7 Å². The highest BCUT2D eigenvalue weighted by Gasteiger charge is 2.27. The van der Waals surface area contributed by atoms with Gasteiger partial charge in [-0.25, -0.2) is 9.67 Å². The Balaban J connectivity index is 1.32. The first-order valence-corrected chi connectivity index (χ1v) is 10.3. The first-order chi connectivity index (χ1) is 16.0. The minimum absolute atomic E-state index is 0.0278. The van der Waals surface area contributed by atoms with E-state index in [2.05, 4.69) is 35.5 Å². The summed E-state index contributed by atoms with van der Waals surface area (Å²) in [6, 6.07) is 13.1. The van der Waals surface area contributed by atoms with E-state index in [9.17, 15) is 13.6 Å². The highest BCUT2D eigenvalue weighted by molar-refractivity contribution is 6.03. The molecule has 0 saturated heterocycles. The predicted molar refractivity (Wildman–Crippen MR) is 114 cm³/mol. The Morgan fingerprint density at radius 2 is 2.00 bits per heavy atom. The highest BCUT2D eigenvalue weighted by Crippen LogP contribution is 2.38. The molecule has 0 atom stereocenters. The third-order valence-corrected chi connectivity index (χ3v) is 5.26. The summed E-state index contributed by atoms with van der Waals surface area (Å²) in [7, 11) is 0. The number of ether oxygens (including phenoxy) is 1. The molecule has 0 spiro atoms. The third-order valence-electron chi connectivity index (χ3n) is 5.26. The summed E-state index contributed by atoms with van der Waals surface area (Å²) in [5.74, 6) is 1.53. The Morgan fingerprint density at radius 3 is 2.73 bits per heavy atom. The van der Waals surface area contributed by atoms with Crippen LogP contribution in [0.1, 0.15) is 40.8 Å². The second-order valence-corrected chi connectivity index (χ2v) is 7.66. The summed E-state index contributed by atoms with van der Waals surface area (Å²) in [6.07, 6.45) is 2.25. The van der Waals surface area contributed by atoms with E-state index in [0.29, 0.717) is 28.8 Å². The monoisotopic (exact) mass is 451 g/mol. The van der Waals surface area contributed by atoms with E-state index in [1.807, 2.05) is 12.1 Å². The fraction of sp³-hybridized carbons (Fsp3) is 0.227. The lowest BCUT2D eigenvalue weighted by molar-refractivity contribution is -0.0498. The maximum atomic E-state index is 12.8. The molecule has 4 aromatic rings. The number of alkyl halides is 2. The van der Waals surface area contributed by atoms with Gasteiger partial charge in [-0.2, -0.15) is 13.9 Å². The van der Waals surface area contributed by atoms with E-state index in [1.165, 1.54) is 16.8 Å². The van der Waals surface area contributed by atoms with Crippen LogP contribution in [0.25, 0.3) is 17.1 Å². The van der Waals surface area contributed by atoms with E-state index in [-0.39, 0.29) is 11.4 Å². The number of carbonyl (C=O) groups is 1. The van der Waals surface area contributed by atoms with Gasteiger partial charge in [-0.15, -0.1) is 5.10 Å². The summed E-state index contributed by atoms with van der Waals surface area (Å²) in [6.45, 7) is -1.20. The molecule has 0 unspecified atom stereocenters. The van der Waals surface area contributed by atoms with Gasteiger partial charge in [0.1, 0.15) is 11.6 Å². The SMILES string of the molecule is Cc1c(C(=O)Nc2cccc(-c3n[nH]c(C4CC4)n3)c2)nnn1-c1ccc(OC(F)F)cc1. The van der Waals surface area contributed by atoms with Gasteiger partial charge in [0.2, 0.25) is 0 Å². The van der Waals surface area contributed by atoms with Crippen molar-refractivity contribution in [1.29, 1.82) is 0 Å². The van der Waals surface area contributed by atoms with Gasteiger partial charge in [0.05, 0.1) is 11.4 Å². The molecule has 1 fully saturated rings. The second kappa shape index (κ2) is 8.41. The Hall–Kier alpha value is -4.15. The predicted octanol–water partition coefficient (Wildman–Crippen LogP) is 4.09. The fourth-order valence-electron chi connectivity index (χ4n) is 3.42. The van der Waals surface area contributed by atoms with Crippen LogP contribution in [0.5, 0.6) is 5.75 Å². The zero-order valence-corrected chi connectivity index (χ0v) is 17.5. The van der Waals surface area contributed by atoms with Gasteiger partial charge in [0.15, 0.2) is 11.5 Å². The Bertz CT molecular complexity index is 1300. The molecule has 0 bridgehead atoms. The minimum Gasteiger partial charge on any atom is -0.435 e. The summed E-state index contributed by atoms with van der Waals surface area (Å²) < 4.78 is 30.5. The first kappa shape index (κ1) is 20.7. The molecule has 1 aliphatic carbocycles. The van der Waals surface area contributed by atoms with Crippen LogP contribution < -0.4 is 10.1 Å². The standard InChI is InChI=1S/C22H19F2N7O2/c1-12-18(27-30-31(12)16-7-9-17(10-8-16)33-22(23)24)21(32)25-15-4-2-3-14(11-15)20-26-19(28-29-20)13-5-6-13/h2-4,7-11,13,22H,5-6H2,1H3,(H,25,32)(H,26,28,29). The average molecular weight is 451 g/mol. The van der Waals surface area contributed by atoms with Gasteiger partial charge in [0, 0.05) is 17.2 Å². The van der Waals surface area contributed by atoms with Crippen molar-refractivity contribution in [2.24, 2.45) is 0 Å². The van der Waals surface area contributed by atoms with E-state index < -0.39 is 12.5 Å². The molecule has 1 aliphatic rings. The van der Waals surface area contributed by atoms with Crippen LogP contribution in [0.3, 0.4) is 0 Å². The number of hydrogen-bond donors (Lipinski definition) is 2. The zero-order chi connectivity index (χ0) is 22.9. The maximum absolute atomic E-state index is 12.8. The second-order valence-electron chi connectivity index (χ2n) is 7.66. The van der Waals surface area contributed by atoms with Crippen LogP contribution in [0.15, 0.2) is 48.5 Å². The largest absolute Gasteiger partial charge is 0.435 e. The molecule has 2 aromatic carbocycles. The van der Waals surface area contributed by atoms with Crippen molar-refractivity contribution in [3.63, 3.8) is 0 Å². The summed E-state index contributed by atoms with van der Waals surface area (Å²) >= 11 is 0. The lowest BCUT2D eigenvalue weighted by atomic mass is 10.2. The number of nitrogens with one attached hydrogen (secondary N) is 2. The summed E-state index contributed by atoms with van der Waals surface area (Å²) in [5, 5.41) is 18.1. The molecule has 2 aromatic heterocycles. The van der Waals surface area contributed by atoms with Gasteiger partial charge in [0.25, 0.3) is 5.91 Å². The van der Waals surface area contributed by atoms with E-state index in [4.69, 9.17) is 0 Å². The number of rotatable bonds is 7. The van der Waals surface area contributed by atoms with Gasteiger partial charge in [-0.05, 0) is 56.2 Å². The number of amides is 1. The maximum Gasteiger partial charge on any atom is 0.387 e. The highest BCUT2D eigenvalue weighted by atomic mass is 19.3. The molecule has 1 amide bonds. The van der Waals surface area contributed by atoms with Crippen molar-refractivity contribution < 1.29 is 18.3 Å². The van der Waals surface area contributed by atoms with Gasteiger partial charge >= 0.3 is 6.61 Å². The number of nitrogens with zero attached hydrogens (tertiary/aromatic N) is 5. The average Bonchev–Trinajstić information content (AvgIpc) is 3.39. The van der Waals surface area contributed by atoms with Crippen molar-refractivity contribution in [3.8, 4) is 22.8 Å². The third kappa shape index (κ3) is 4.43. The molecular weight excluding hydrogens is 432 g/mol. The first-order valence-electron chi connectivity index (χ1n) is 10.3. The van der Waals surface area contributed by atoms with Gasteiger partial charge < -0.3 is 10.1 Å². The number of halogens is 2. The van der Waals surface area contributed by atoms with Crippen LogP contribution >= 0.6 is 0 Å². The molecule has 2 N–H and O–H groups in total. The van der Waals surface area contributed by atoms with Crippen molar-refractivity contribution in [2.75, 3.05) is 5.32 Å². The van der Waals surface area contributed by atoms with E-state index >= 15 is 0 Å². The molecule has 0 aliphatic heterocycles. The normalized spacial score (nSPS) is 13.3. The van der Waals surface area contributed by atoms with E-state index in [0.717, 1.165) is 24.2 Å². The molecule has 0 radical (unpaired) electrons. The molecule has 5 rings (SSSR count). The topological polar surface area (TPSA) is 111 Å². The van der Waals surface area contributed by atoms with Crippen LogP contribution in [0, 0.1) is 6.92 Å². The van der Waals surface area contributed by atoms with Crippen molar-refractivity contribution in [2.45, 2.75) is 32.3 Å². The minimum atomic E-state index is -2.90. The number of aromatic amines is 1. The molecule has 168 valence electrons. The lowest BCUT2D eigenvalue weighted by Gasteiger charge is -2.07. The number of H-pyrrole nitrogens is 1. The fourth-order valence-corrected chi connectivity index (χ4v) is 3.42. The number of hydrogen-bond acceptors (Lipinski definition) is 6. The number of carbonyl (C=O) groups excluding carboxylic acids is 1. The number of benzene rings is 2. The Kier molecular flexibility index (Phi) is 5.29. The van der Waals surface area contributed by atoms with Crippen LogP contribution in [-0.2, 0) is 0 Å². The Labute approximate surface area is 186 Å². The molecule has 11 heteroatoms. The van der Waals surface area contributed by atoms with Crippen molar-refractivity contribution >= 4 is 11.6 Å². The Morgan fingerprint density at radius 1 is 1.21 bits per heavy atom. The van der Waals surface area contributed by atoms with Crippen LogP contribution in [0.2, 0.25) is 0 Å². The lowest BCUT2D eigenvalue weighted by Crippen LogP contribution is -2.14. The van der Waals surface area contributed by atoms with E-state index in [1.54, 1.807) is 31.2 Å². The quantitative estimate of drug-likeness (QED) is 0.438.